The molecule has 4 N–H and O–H groups in total. The molecule has 0 aliphatic heterocycles. The second-order valence-electron chi connectivity index (χ2n) is 4.90. The van der Waals surface area contributed by atoms with Crippen LogP contribution >= 0.6 is 0 Å². The number of rotatable bonds is 8. The summed E-state index contributed by atoms with van der Waals surface area (Å²) in [6, 6.07) is 9.39. The second-order valence-corrected chi connectivity index (χ2v) is 4.90. The summed E-state index contributed by atoms with van der Waals surface area (Å²) in [5.74, 6) is -0.719. The monoisotopic (exact) mass is 305 g/mol. The standard InChI is InChI=1S/C15H19N3O4/c19-14(17-21)8-2-1-5-9-22-18-15(20)13-10-11-6-3-4-7-12(11)16-13/h3-4,6-7,10,16,21H,1-2,5,8-9H2,(H,17,19)(H,18,20). The van der Waals surface area contributed by atoms with E-state index in [4.69, 9.17) is 10.0 Å². The van der Waals surface area contributed by atoms with Gasteiger partial charge in [-0.15, -0.1) is 0 Å². The minimum atomic E-state index is -0.395. The highest BCUT2D eigenvalue weighted by Crippen LogP contribution is 2.14. The third-order valence-electron chi connectivity index (χ3n) is 3.21. The summed E-state index contributed by atoms with van der Waals surface area (Å²) < 4.78 is 0. The normalized spacial score (nSPS) is 10.6. The van der Waals surface area contributed by atoms with Crippen LogP contribution < -0.4 is 11.0 Å². The Labute approximate surface area is 127 Å². The van der Waals surface area contributed by atoms with Crippen LogP contribution in [0.1, 0.15) is 36.2 Å². The molecule has 0 saturated carbocycles. The molecular formula is C15H19N3O4. The highest BCUT2D eigenvalue weighted by Gasteiger charge is 2.08. The van der Waals surface area contributed by atoms with Gasteiger partial charge in [0.15, 0.2) is 0 Å². The van der Waals surface area contributed by atoms with Crippen LogP contribution in [0, 0.1) is 0 Å². The number of para-hydroxylation sites is 1. The Kier molecular flexibility index (Phi) is 5.93. The maximum Gasteiger partial charge on any atom is 0.291 e. The van der Waals surface area contributed by atoms with E-state index >= 15 is 0 Å². The second kappa shape index (κ2) is 8.16. The number of benzene rings is 1. The van der Waals surface area contributed by atoms with Gasteiger partial charge in [-0.25, -0.2) is 11.0 Å². The molecule has 22 heavy (non-hydrogen) atoms. The van der Waals surface area contributed by atoms with Crippen molar-refractivity contribution in [3.63, 3.8) is 0 Å². The van der Waals surface area contributed by atoms with E-state index in [0.717, 1.165) is 17.3 Å². The number of nitrogens with one attached hydrogen (secondary N) is 3. The van der Waals surface area contributed by atoms with Gasteiger partial charge in [0.25, 0.3) is 5.91 Å². The lowest BCUT2D eigenvalue weighted by molar-refractivity contribution is -0.129. The smallest absolute Gasteiger partial charge is 0.291 e. The van der Waals surface area contributed by atoms with Gasteiger partial charge in [-0.3, -0.25) is 19.6 Å². The zero-order chi connectivity index (χ0) is 15.8. The fraction of sp³-hybridized carbons (Fsp3) is 0.333. The summed E-state index contributed by atoms with van der Waals surface area (Å²) in [5.41, 5.74) is 5.30. The summed E-state index contributed by atoms with van der Waals surface area (Å²) in [5, 5.41) is 9.29. The molecule has 0 aliphatic carbocycles. The first-order valence-corrected chi connectivity index (χ1v) is 7.13. The van der Waals surface area contributed by atoms with Crippen molar-refractivity contribution in [2.75, 3.05) is 6.61 Å². The molecule has 1 aromatic heterocycles. The summed E-state index contributed by atoms with van der Waals surface area (Å²) in [4.78, 5) is 30.8. The number of fused-ring (bicyclic) bond motifs is 1. The van der Waals surface area contributed by atoms with Crippen LogP contribution in [-0.2, 0) is 9.63 Å². The summed E-state index contributed by atoms with van der Waals surface area (Å²) in [6.45, 7) is 0.368. The zero-order valence-electron chi connectivity index (χ0n) is 12.1. The number of carbonyl (C=O) groups is 2. The largest absolute Gasteiger partial charge is 0.350 e. The first-order valence-electron chi connectivity index (χ1n) is 7.13. The molecule has 0 atom stereocenters. The van der Waals surface area contributed by atoms with E-state index in [-0.39, 0.29) is 12.3 Å². The first kappa shape index (κ1) is 16.0. The fourth-order valence-electron chi connectivity index (χ4n) is 2.06. The number of unbranched alkanes of at least 4 members (excludes halogenated alkanes) is 2. The molecule has 2 aromatic rings. The number of amides is 2. The van der Waals surface area contributed by atoms with E-state index < -0.39 is 5.91 Å². The highest BCUT2D eigenvalue weighted by molar-refractivity contribution is 5.97. The lowest BCUT2D eigenvalue weighted by atomic mass is 10.2. The van der Waals surface area contributed by atoms with E-state index in [0.29, 0.717) is 25.1 Å². The SMILES string of the molecule is O=C(CCCCCONC(=O)c1cc2ccccc2[nH]1)NO. The van der Waals surface area contributed by atoms with Gasteiger partial charge < -0.3 is 4.98 Å². The van der Waals surface area contributed by atoms with Crippen LogP contribution in [-0.4, -0.2) is 28.6 Å². The Morgan fingerprint density at radius 1 is 1.18 bits per heavy atom. The Balaban J connectivity index is 1.64. The fourth-order valence-corrected chi connectivity index (χ4v) is 2.06. The van der Waals surface area contributed by atoms with Crippen molar-refractivity contribution in [1.29, 1.82) is 0 Å². The lowest BCUT2D eigenvalue weighted by Crippen LogP contribution is -2.24. The van der Waals surface area contributed by atoms with Crippen LogP contribution in [0.3, 0.4) is 0 Å². The molecule has 0 bridgehead atoms. The number of hydroxylamine groups is 2. The Hall–Kier alpha value is -2.38. The van der Waals surface area contributed by atoms with Crippen molar-refractivity contribution in [2.24, 2.45) is 0 Å². The molecule has 0 aliphatic rings. The Morgan fingerprint density at radius 3 is 2.77 bits per heavy atom. The average molecular weight is 305 g/mol. The van der Waals surface area contributed by atoms with Gasteiger partial charge in [-0.2, -0.15) is 0 Å². The number of hydrogen-bond donors (Lipinski definition) is 4. The van der Waals surface area contributed by atoms with Crippen molar-refractivity contribution in [1.82, 2.24) is 15.9 Å². The molecule has 7 heteroatoms. The van der Waals surface area contributed by atoms with Crippen molar-refractivity contribution >= 4 is 22.7 Å². The van der Waals surface area contributed by atoms with Gasteiger partial charge >= 0.3 is 0 Å². The van der Waals surface area contributed by atoms with Gasteiger partial charge in [0.2, 0.25) is 5.91 Å². The van der Waals surface area contributed by atoms with Crippen molar-refractivity contribution in [3.05, 3.63) is 36.0 Å². The minimum Gasteiger partial charge on any atom is -0.350 e. The molecule has 118 valence electrons. The highest BCUT2D eigenvalue weighted by atomic mass is 16.6. The summed E-state index contributed by atoms with van der Waals surface area (Å²) in [6.07, 6.45) is 2.42. The number of aromatic amines is 1. The predicted molar refractivity (Wildman–Crippen MR) is 80.1 cm³/mol. The lowest BCUT2D eigenvalue weighted by Gasteiger charge is -2.04. The molecule has 0 unspecified atom stereocenters. The average Bonchev–Trinajstić information content (AvgIpc) is 2.97. The quantitative estimate of drug-likeness (QED) is 0.340. The number of H-pyrrole nitrogens is 1. The van der Waals surface area contributed by atoms with Crippen molar-refractivity contribution in [3.8, 4) is 0 Å². The molecule has 0 saturated heterocycles. The predicted octanol–water partition coefficient (Wildman–Crippen LogP) is 1.90. The molecule has 0 radical (unpaired) electrons. The van der Waals surface area contributed by atoms with Crippen molar-refractivity contribution < 1.29 is 19.6 Å². The van der Waals surface area contributed by atoms with Crippen LogP contribution in [0.5, 0.6) is 0 Å². The molecule has 7 nitrogen and oxygen atoms in total. The Morgan fingerprint density at radius 2 is 2.00 bits per heavy atom. The summed E-state index contributed by atoms with van der Waals surface area (Å²) >= 11 is 0. The first-order chi connectivity index (χ1) is 10.7. The molecule has 0 fully saturated rings. The van der Waals surface area contributed by atoms with Crippen LogP contribution in [0.2, 0.25) is 0 Å². The van der Waals surface area contributed by atoms with Crippen molar-refractivity contribution in [2.45, 2.75) is 25.7 Å². The number of carbonyl (C=O) groups excluding carboxylic acids is 2. The van der Waals surface area contributed by atoms with Gasteiger partial charge in [0.05, 0.1) is 6.61 Å². The number of aromatic nitrogens is 1. The Bertz CT molecular complexity index is 606. The minimum absolute atomic E-state index is 0.276. The van der Waals surface area contributed by atoms with E-state index in [2.05, 4.69) is 10.5 Å². The molecule has 1 heterocycles. The van der Waals surface area contributed by atoms with Gasteiger partial charge in [-0.05, 0) is 25.0 Å². The third-order valence-corrected chi connectivity index (χ3v) is 3.21. The molecule has 2 amide bonds. The van der Waals surface area contributed by atoms with Crippen LogP contribution in [0.4, 0.5) is 0 Å². The maximum atomic E-state index is 11.9. The van der Waals surface area contributed by atoms with Gasteiger partial charge in [0.1, 0.15) is 5.69 Å². The van der Waals surface area contributed by atoms with Gasteiger partial charge in [0, 0.05) is 17.3 Å². The zero-order valence-corrected chi connectivity index (χ0v) is 12.1. The number of hydrogen-bond acceptors (Lipinski definition) is 4. The molecular weight excluding hydrogens is 286 g/mol. The van der Waals surface area contributed by atoms with Crippen LogP contribution in [0.15, 0.2) is 30.3 Å². The summed E-state index contributed by atoms with van der Waals surface area (Å²) in [7, 11) is 0. The maximum absolute atomic E-state index is 11.9. The van der Waals surface area contributed by atoms with E-state index in [1.807, 2.05) is 24.3 Å². The molecule has 1 aromatic carbocycles. The molecule has 2 rings (SSSR count). The van der Waals surface area contributed by atoms with E-state index in [9.17, 15) is 9.59 Å². The van der Waals surface area contributed by atoms with E-state index in [1.54, 1.807) is 11.5 Å². The molecule has 0 spiro atoms. The van der Waals surface area contributed by atoms with E-state index in [1.165, 1.54) is 0 Å². The van der Waals surface area contributed by atoms with Gasteiger partial charge in [-0.1, -0.05) is 24.6 Å². The topological polar surface area (TPSA) is 103 Å². The van der Waals surface area contributed by atoms with Crippen LogP contribution in [0.25, 0.3) is 10.9 Å². The third kappa shape index (κ3) is 4.57.